The van der Waals surface area contributed by atoms with Gasteiger partial charge in [-0.25, -0.2) is 9.78 Å². The lowest BCUT2D eigenvalue weighted by Crippen LogP contribution is -2.34. The number of urea groups is 1. The normalized spacial score (nSPS) is 9.71. The summed E-state index contributed by atoms with van der Waals surface area (Å²) in [6.45, 7) is 1.78. The molecule has 92 valence electrons. The Kier molecular flexibility index (Phi) is 4.58. The molecule has 1 rings (SSSR count). The molecule has 0 saturated heterocycles. The number of aliphatic carboxylic acids is 1. The van der Waals surface area contributed by atoms with Gasteiger partial charge in [0, 0.05) is 11.8 Å². The molecule has 0 saturated carbocycles. The maximum absolute atomic E-state index is 11.3. The van der Waals surface area contributed by atoms with Gasteiger partial charge in [0.1, 0.15) is 0 Å². The molecule has 7 nitrogen and oxygen atoms in total. The summed E-state index contributed by atoms with van der Waals surface area (Å²) in [5.74, 6) is -1.73. The second kappa shape index (κ2) is 5.94. The molecule has 1 aromatic heterocycles. The number of carbonyl (C=O) groups excluding carboxylic acids is 2. The number of carbonyl (C=O) groups is 3. The van der Waals surface area contributed by atoms with E-state index in [1.54, 1.807) is 12.3 Å². The third-order valence-electron chi connectivity index (χ3n) is 1.66. The van der Waals surface area contributed by atoms with Gasteiger partial charge in [-0.3, -0.25) is 20.2 Å². The highest BCUT2D eigenvalue weighted by molar-refractivity contribution is 7.13. The second-order valence-electron chi connectivity index (χ2n) is 3.19. The predicted molar refractivity (Wildman–Crippen MR) is 60.9 cm³/mol. The third kappa shape index (κ3) is 5.07. The number of rotatable bonds is 4. The molecule has 0 aliphatic rings. The number of imide groups is 1. The van der Waals surface area contributed by atoms with E-state index in [0.717, 1.165) is 5.69 Å². The van der Waals surface area contributed by atoms with Crippen LogP contribution in [0.1, 0.15) is 18.5 Å². The van der Waals surface area contributed by atoms with Gasteiger partial charge in [-0.05, 0) is 6.92 Å². The summed E-state index contributed by atoms with van der Waals surface area (Å²) < 4.78 is 0. The zero-order valence-electron chi connectivity index (χ0n) is 9.02. The Balaban J connectivity index is 2.34. The summed E-state index contributed by atoms with van der Waals surface area (Å²) in [6.07, 6.45) is -0.547. The van der Waals surface area contributed by atoms with Crippen molar-refractivity contribution in [2.24, 2.45) is 0 Å². The predicted octanol–water partition coefficient (Wildman–Crippen LogP) is 0.964. The lowest BCUT2D eigenvalue weighted by molar-refractivity contribution is -0.138. The standard InChI is InChI=1S/C9H11N3O4S/c1-5-4-17-9(10-5)12-8(16)11-6(13)2-3-7(14)15/h4H,2-3H2,1H3,(H,14,15)(H2,10,11,12,13,16). The number of aromatic nitrogens is 1. The van der Waals surface area contributed by atoms with Crippen LogP contribution in [0.4, 0.5) is 9.93 Å². The average Bonchev–Trinajstić information content (AvgIpc) is 2.60. The molecule has 0 unspecified atom stereocenters. The van der Waals surface area contributed by atoms with Gasteiger partial charge in [0.2, 0.25) is 5.91 Å². The first-order valence-corrected chi connectivity index (χ1v) is 5.60. The molecule has 0 bridgehead atoms. The fourth-order valence-corrected chi connectivity index (χ4v) is 1.63. The molecule has 3 N–H and O–H groups in total. The van der Waals surface area contributed by atoms with E-state index in [9.17, 15) is 14.4 Å². The Labute approximate surface area is 101 Å². The highest BCUT2D eigenvalue weighted by atomic mass is 32.1. The molecule has 17 heavy (non-hydrogen) atoms. The molecular weight excluding hydrogens is 246 g/mol. The largest absolute Gasteiger partial charge is 0.481 e. The summed E-state index contributed by atoms with van der Waals surface area (Å²) in [4.78, 5) is 36.5. The molecular formula is C9H11N3O4S. The van der Waals surface area contributed by atoms with E-state index in [2.05, 4.69) is 10.3 Å². The number of aryl methyl sites for hydroxylation is 1. The number of amides is 3. The average molecular weight is 257 g/mol. The van der Waals surface area contributed by atoms with Crippen molar-refractivity contribution in [3.05, 3.63) is 11.1 Å². The zero-order chi connectivity index (χ0) is 12.8. The molecule has 0 aromatic carbocycles. The van der Waals surface area contributed by atoms with Crippen molar-refractivity contribution in [1.82, 2.24) is 10.3 Å². The second-order valence-corrected chi connectivity index (χ2v) is 4.05. The lowest BCUT2D eigenvalue weighted by atomic mass is 10.3. The van der Waals surface area contributed by atoms with Crippen LogP contribution >= 0.6 is 11.3 Å². The first kappa shape index (κ1) is 13.1. The minimum Gasteiger partial charge on any atom is -0.481 e. The van der Waals surface area contributed by atoms with Crippen molar-refractivity contribution in [2.45, 2.75) is 19.8 Å². The number of carboxylic acids is 1. The molecule has 0 fully saturated rings. The van der Waals surface area contributed by atoms with Gasteiger partial charge in [-0.1, -0.05) is 0 Å². The van der Waals surface area contributed by atoms with Crippen molar-refractivity contribution < 1.29 is 19.5 Å². The van der Waals surface area contributed by atoms with Gasteiger partial charge in [0.15, 0.2) is 5.13 Å². The third-order valence-corrected chi connectivity index (χ3v) is 2.53. The van der Waals surface area contributed by atoms with Gasteiger partial charge in [-0.2, -0.15) is 0 Å². The van der Waals surface area contributed by atoms with E-state index >= 15 is 0 Å². The number of carboxylic acid groups (broad SMARTS) is 1. The van der Waals surface area contributed by atoms with Crippen molar-refractivity contribution >= 4 is 34.4 Å². The number of hydrogen-bond donors (Lipinski definition) is 3. The van der Waals surface area contributed by atoms with Crippen LogP contribution in [-0.2, 0) is 9.59 Å². The molecule has 1 heterocycles. The Morgan fingerprint density at radius 2 is 2.12 bits per heavy atom. The molecule has 0 aliphatic carbocycles. The fraction of sp³-hybridized carbons (Fsp3) is 0.333. The van der Waals surface area contributed by atoms with E-state index in [4.69, 9.17) is 5.11 Å². The SMILES string of the molecule is Cc1csc(NC(=O)NC(=O)CCC(=O)O)n1. The Bertz CT molecular complexity index is 443. The minimum atomic E-state index is -1.09. The van der Waals surface area contributed by atoms with E-state index in [1.807, 2.05) is 5.32 Å². The molecule has 3 amide bonds. The summed E-state index contributed by atoms with van der Waals surface area (Å²) in [5.41, 5.74) is 0.766. The monoisotopic (exact) mass is 257 g/mol. The van der Waals surface area contributed by atoms with Crippen LogP contribution in [0.15, 0.2) is 5.38 Å². The topological polar surface area (TPSA) is 108 Å². The number of nitrogens with one attached hydrogen (secondary N) is 2. The molecule has 0 radical (unpaired) electrons. The first-order chi connectivity index (χ1) is 7.97. The van der Waals surface area contributed by atoms with Gasteiger partial charge in [0.25, 0.3) is 0 Å². The summed E-state index contributed by atoms with van der Waals surface area (Å²) in [7, 11) is 0. The zero-order valence-corrected chi connectivity index (χ0v) is 9.84. The molecule has 8 heteroatoms. The number of thiazole rings is 1. The molecule has 1 aromatic rings. The summed E-state index contributed by atoms with van der Waals surface area (Å²) in [6, 6.07) is -0.713. The van der Waals surface area contributed by atoms with E-state index in [0.29, 0.717) is 5.13 Å². The van der Waals surface area contributed by atoms with Crippen LogP contribution in [0.25, 0.3) is 0 Å². The van der Waals surface area contributed by atoms with Crippen LogP contribution in [0.5, 0.6) is 0 Å². The summed E-state index contributed by atoms with van der Waals surface area (Å²) in [5, 5.41) is 14.9. The van der Waals surface area contributed by atoms with E-state index in [-0.39, 0.29) is 12.8 Å². The number of nitrogens with zero attached hydrogens (tertiary/aromatic N) is 1. The number of hydrogen-bond acceptors (Lipinski definition) is 5. The smallest absolute Gasteiger partial charge is 0.327 e. The maximum atomic E-state index is 11.3. The van der Waals surface area contributed by atoms with E-state index < -0.39 is 17.9 Å². The quantitative estimate of drug-likeness (QED) is 0.744. The fourth-order valence-electron chi connectivity index (χ4n) is 0.949. The lowest BCUT2D eigenvalue weighted by Gasteiger charge is -2.02. The Morgan fingerprint density at radius 1 is 1.41 bits per heavy atom. The van der Waals surface area contributed by atoms with Crippen molar-refractivity contribution in [3.63, 3.8) is 0 Å². The van der Waals surface area contributed by atoms with Crippen LogP contribution in [0, 0.1) is 6.92 Å². The maximum Gasteiger partial charge on any atom is 0.327 e. The van der Waals surface area contributed by atoms with E-state index in [1.165, 1.54) is 11.3 Å². The highest BCUT2D eigenvalue weighted by Crippen LogP contribution is 2.13. The van der Waals surface area contributed by atoms with Crippen molar-refractivity contribution in [1.29, 1.82) is 0 Å². The Hall–Kier alpha value is -1.96. The van der Waals surface area contributed by atoms with Gasteiger partial charge >= 0.3 is 12.0 Å². The van der Waals surface area contributed by atoms with Crippen LogP contribution in [0.3, 0.4) is 0 Å². The molecule has 0 spiro atoms. The first-order valence-electron chi connectivity index (χ1n) is 4.72. The molecule has 0 atom stereocenters. The molecule has 0 aliphatic heterocycles. The van der Waals surface area contributed by atoms with Crippen molar-refractivity contribution in [3.8, 4) is 0 Å². The number of anilines is 1. The Morgan fingerprint density at radius 3 is 2.65 bits per heavy atom. The van der Waals surface area contributed by atoms with Crippen molar-refractivity contribution in [2.75, 3.05) is 5.32 Å². The van der Waals surface area contributed by atoms with Crippen LogP contribution < -0.4 is 10.6 Å². The van der Waals surface area contributed by atoms with Gasteiger partial charge in [0.05, 0.1) is 12.1 Å². The van der Waals surface area contributed by atoms with Gasteiger partial charge in [-0.15, -0.1) is 11.3 Å². The summed E-state index contributed by atoms with van der Waals surface area (Å²) >= 11 is 1.23. The van der Waals surface area contributed by atoms with Crippen LogP contribution in [0.2, 0.25) is 0 Å². The minimum absolute atomic E-state index is 0.236. The van der Waals surface area contributed by atoms with Crippen LogP contribution in [-0.4, -0.2) is 28.0 Å². The highest BCUT2D eigenvalue weighted by Gasteiger charge is 2.10. The van der Waals surface area contributed by atoms with Gasteiger partial charge < -0.3 is 5.11 Å².